The van der Waals surface area contributed by atoms with Crippen molar-refractivity contribution in [3.63, 3.8) is 0 Å². The standard InChI is InChI=1S/C21H30F3N3O2/c1-15-4-5-18(20(28)26-10-11-29-14-21(22,23)24)16(2)19(15)13-27(3)12-17-6-8-25-9-7-17/h4-5,13,17,25H,1,6-12,14H2,2-3H3,(H,26,28)/b19-13+. The molecule has 0 bridgehead atoms. The predicted octanol–water partition coefficient (Wildman–Crippen LogP) is 1.38. The number of alkyl halides is 3. The second-order valence-electron chi connectivity index (χ2n) is 7.50. The van der Waals surface area contributed by atoms with Gasteiger partial charge in [0.15, 0.2) is 0 Å². The van der Waals surface area contributed by atoms with E-state index >= 15 is 0 Å². The monoisotopic (exact) mass is 413 g/mol. The highest BCUT2D eigenvalue weighted by atomic mass is 19.4. The summed E-state index contributed by atoms with van der Waals surface area (Å²) in [5, 5.41) is 7.68. The number of hydrogen-bond donors (Lipinski definition) is 2. The lowest BCUT2D eigenvalue weighted by Crippen LogP contribution is -2.37. The third kappa shape index (κ3) is 7.70. The van der Waals surface area contributed by atoms with Crippen molar-refractivity contribution in [2.75, 3.05) is 46.4 Å². The van der Waals surface area contributed by atoms with Crippen LogP contribution in [-0.2, 0) is 4.74 Å². The van der Waals surface area contributed by atoms with Crippen molar-refractivity contribution in [2.24, 2.45) is 5.92 Å². The fourth-order valence-corrected chi connectivity index (χ4v) is 3.47. The normalized spacial score (nSPS) is 16.1. The van der Waals surface area contributed by atoms with Crippen LogP contribution in [0.5, 0.6) is 0 Å². The first kappa shape index (κ1) is 23.2. The van der Waals surface area contributed by atoms with E-state index in [0.717, 1.165) is 48.5 Å². The smallest absolute Gasteiger partial charge is 0.380 e. The molecule has 2 N–H and O–H groups in total. The average molecular weight is 413 g/mol. The molecule has 162 valence electrons. The number of nitrogens with zero attached hydrogens (tertiary/aromatic N) is 1. The maximum Gasteiger partial charge on any atom is 0.411 e. The highest BCUT2D eigenvalue weighted by Crippen LogP contribution is 2.14. The molecule has 1 aromatic rings. The molecule has 1 amide bonds. The molecule has 0 atom stereocenters. The molecule has 29 heavy (non-hydrogen) atoms. The summed E-state index contributed by atoms with van der Waals surface area (Å²) in [6, 6.07) is 3.47. The van der Waals surface area contributed by atoms with Crippen LogP contribution < -0.4 is 21.1 Å². The van der Waals surface area contributed by atoms with Gasteiger partial charge in [0.25, 0.3) is 5.91 Å². The van der Waals surface area contributed by atoms with Gasteiger partial charge in [-0.15, -0.1) is 0 Å². The number of carbonyl (C=O) groups is 1. The Morgan fingerprint density at radius 3 is 2.72 bits per heavy atom. The topological polar surface area (TPSA) is 53.6 Å². The van der Waals surface area contributed by atoms with Gasteiger partial charge in [-0.05, 0) is 55.6 Å². The zero-order valence-electron chi connectivity index (χ0n) is 17.1. The molecule has 0 unspecified atom stereocenters. The van der Waals surface area contributed by atoms with Gasteiger partial charge in [0.05, 0.1) is 6.61 Å². The largest absolute Gasteiger partial charge is 0.411 e. The molecule has 0 radical (unpaired) electrons. The van der Waals surface area contributed by atoms with Crippen LogP contribution in [-0.4, -0.2) is 63.4 Å². The number of carbonyl (C=O) groups excluding carboxylic acids is 1. The molecular weight excluding hydrogens is 383 g/mol. The van der Waals surface area contributed by atoms with Crippen molar-refractivity contribution >= 4 is 18.7 Å². The summed E-state index contributed by atoms with van der Waals surface area (Å²) in [5.41, 5.74) is 1.28. The zero-order chi connectivity index (χ0) is 21.4. The Morgan fingerprint density at radius 2 is 2.07 bits per heavy atom. The molecule has 1 saturated heterocycles. The summed E-state index contributed by atoms with van der Waals surface area (Å²) in [6.45, 7) is 7.43. The van der Waals surface area contributed by atoms with Crippen molar-refractivity contribution in [3.05, 3.63) is 33.7 Å². The number of hydrogen-bond acceptors (Lipinski definition) is 4. The van der Waals surface area contributed by atoms with Crippen LogP contribution >= 0.6 is 0 Å². The summed E-state index contributed by atoms with van der Waals surface area (Å²) in [4.78, 5) is 14.6. The van der Waals surface area contributed by atoms with Crippen LogP contribution in [0.3, 0.4) is 0 Å². The van der Waals surface area contributed by atoms with Crippen LogP contribution in [0.2, 0.25) is 0 Å². The van der Waals surface area contributed by atoms with Crippen LogP contribution in [0.15, 0.2) is 12.1 Å². The number of benzene rings is 1. The molecule has 0 aromatic heterocycles. The SMILES string of the molecule is C=c1ccc(C(=O)NCCOCC(F)(F)F)c(C)/c1=C/N(C)CC1CCNCC1. The van der Waals surface area contributed by atoms with E-state index in [1.807, 2.05) is 20.2 Å². The van der Waals surface area contributed by atoms with Gasteiger partial charge in [-0.25, -0.2) is 0 Å². The second kappa shape index (κ2) is 10.6. The predicted molar refractivity (Wildman–Crippen MR) is 108 cm³/mol. The van der Waals surface area contributed by atoms with E-state index < -0.39 is 12.8 Å². The third-order valence-electron chi connectivity index (χ3n) is 5.00. The Kier molecular flexibility index (Phi) is 8.52. The molecule has 1 aromatic carbocycles. The van der Waals surface area contributed by atoms with Crippen molar-refractivity contribution in [2.45, 2.75) is 25.9 Å². The van der Waals surface area contributed by atoms with Crippen LogP contribution in [0.25, 0.3) is 12.8 Å². The average Bonchev–Trinajstić information content (AvgIpc) is 2.64. The van der Waals surface area contributed by atoms with Gasteiger partial charge in [0, 0.05) is 37.1 Å². The molecule has 0 aliphatic carbocycles. The Hall–Kier alpha value is -2.06. The van der Waals surface area contributed by atoms with E-state index in [1.54, 1.807) is 12.1 Å². The maximum atomic E-state index is 12.4. The summed E-state index contributed by atoms with van der Waals surface area (Å²) < 4.78 is 40.7. The third-order valence-corrected chi connectivity index (χ3v) is 5.00. The second-order valence-corrected chi connectivity index (χ2v) is 7.50. The van der Waals surface area contributed by atoms with Crippen LogP contribution in [0.1, 0.15) is 28.8 Å². The molecule has 5 nitrogen and oxygen atoms in total. The number of ether oxygens (including phenoxy) is 1. The number of amides is 1. The minimum Gasteiger partial charge on any atom is -0.380 e. The number of rotatable bonds is 8. The highest BCUT2D eigenvalue weighted by Gasteiger charge is 2.27. The lowest BCUT2D eigenvalue weighted by Gasteiger charge is -2.27. The Morgan fingerprint density at radius 1 is 1.38 bits per heavy atom. The fraction of sp³-hybridized carbons (Fsp3) is 0.571. The molecule has 1 aliphatic heterocycles. The van der Waals surface area contributed by atoms with Gasteiger partial charge >= 0.3 is 6.18 Å². The minimum absolute atomic E-state index is 0.00907. The molecule has 2 rings (SSSR count). The fourth-order valence-electron chi connectivity index (χ4n) is 3.47. The summed E-state index contributed by atoms with van der Waals surface area (Å²) in [7, 11) is 2.02. The van der Waals surface area contributed by atoms with Gasteiger partial charge < -0.3 is 20.3 Å². The molecule has 1 aliphatic rings. The Labute approximate surface area is 169 Å². The highest BCUT2D eigenvalue weighted by molar-refractivity contribution is 5.95. The van der Waals surface area contributed by atoms with Crippen molar-refractivity contribution in [3.8, 4) is 0 Å². The summed E-state index contributed by atoms with van der Waals surface area (Å²) in [5.74, 6) is 0.294. The van der Waals surface area contributed by atoms with Gasteiger partial charge in [-0.3, -0.25) is 4.79 Å². The Bertz CT molecular complexity index is 790. The van der Waals surface area contributed by atoms with Gasteiger partial charge in [0.1, 0.15) is 6.61 Å². The first-order valence-corrected chi connectivity index (χ1v) is 9.81. The molecule has 1 fully saturated rings. The van der Waals surface area contributed by atoms with E-state index in [1.165, 1.54) is 0 Å². The molecule has 8 heteroatoms. The van der Waals surface area contributed by atoms with Crippen molar-refractivity contribution in [1.82, 2.24) is 15.5 Å². The van der Waals surface area contributed by atoms with E-state index in [2.05, 4.69) is 26.8 Å². The number of nitrogens with one attached hydrogen (secondary N) is 2. The van der Waals surface area contributed by atoms with Gasteiger partial charge in [-0.1, -0.05) is 12.6 Å². The van der Waals surface area contributed by atoms with Crippen molar-refractivity contribution < 1.29 is 22.7 Å². The van der Waals surface area contributed by atoms with Gasteiger partial charge in [-0.2, -0.15) is 13.2 Å². The van der Waals surface area contributed by atoms with Gasteiger partial charge in [0.2, 0.25) is 0 Å². The quantitative estimate of drug-likeness (QED) is 0.633. The molecule has 1 heterocycles. The van der Waals surface area contributed by atoms with E-state index in [4.69, 9.17) is 0 Å². The molecular formula is C21H30F3N3O2. The van der Waals surface area contributed by atoms with E-state index in [-0.39, 0.29) is 19.1 Å². The van der Waals surface area contributed by atoms with Crippen LogP contribution in [0, 0.1) is 12.8 Å². The molecule has 0 spiro atoms. The molecule has 0 saturated carbocycles. The first-order valence-electron chi connectivity index (χ1n) is 9.81. The lowest BCUT2D eigenvalue weighted by molar-refractivity contribution is -0.173. The Balaban J connectivity index is 2.01. The van der Waals surface area contributed by atoms with E-state index in [9.17, 15) is 18.0 Å². The summed E-state index contributed by atoms with van der Waals surface area (Å²) >= 11 is 0. The number of piperidine rings is 1. The lowest BCUT2D eigenvalue weighted by atomic mass is 9.97. The first-order chi connectivity index (χ1) is 13.7. The van der Waals surface area contributed by atoms with Crippen LogP contribution in [0.4, 0.5) is 13.2 Å². The summed E-state index contributed by atoms with van der Waals surface area (Å²) in [6.07, 6.45) is -0.0567. The van der Waals surface area contributed by atoms with Crippen molar-refractivity contribution in [1.29, 1.82) is 0 Å². The minimum atomic E-state index is -4.37. The maximum absolute atomic E-state index is 12.4. The van der Waals surface area contributed by atoms with E-state index in [0.29, 0.717) is 11.5 Å². The zero-order valence-corrected chi connectivity index (χ0v) is 17.1. The number of halogens is 3.